The van der Waals surface area contributed by atoms with Gasteiger partial charge in [0.15, 0.2) is 5.82 Å². The van der Waals surface area contributed by atoms with Gasteiger partial charge in [-0.15, -0.1) is 0 Å². The number of unbranched alkanes of at least 4 members (excludes halogenated alkanes) is 2. The molecular weight excluding hydrogens is 352 g/mol. The minimum Gasteiger partial charge on any atom is -0.337 e. The summed E-state index contributed by atoms with van der Waals surface area (Å²) in [6.45, 7) is 2.94. The molecule has 0 aliphatic carbocycles. The highest BCUT2D eigenvalue weighted by atomic mass is 16.2. The second-order valence-electron chi connectivity index (χ2n) is 7.50. The normalized spacial score (nSPS) is 14.3. The van der Waals surface area contributed by atoms with Crippen LogP contribution in [-0.2, 0) is 24.9 Å². The monoisotopic (exact) mass is 380 g/mol. The standard InChI is InChI=1S/C21H28N6O/c1-25-19-9-5-4-8-17(19)23-21(25)18-14-16-15-26(12-7-13-27(16)24-18)20(28)10-3-2-6-11-22/h4-5,8-9,14H,2-3,6-7,10-13,15,22H2,1H3. The second-order valence-corrected chi connectivity index (χ2v) is 7.50. The first-order valence-electron chi connectivity index (χ1n) is 10.1. The summed E-state index contributed by atoms with van der Waals surface area (Å²) in [5, 5.41) is 4.80. The largest absolute Gasteiger partial charge is 0.337 e. The van der Waals surface area contributed by atoms with Crippen molar-refractivity contribution in [2.24, 2.45) is 12.8 Å². The minimum absolute atomic E-state index is 0.232. The van der Waals surface area contributed by atoms with Gasteiger partial charge in [-0.25, -0.2) is 4.98 Å². The van der Waals surface area contributed by atoms with Crippen molar-refractivity contribution in [3.63, 3.8) is 0 Å². The van der Waals surface area contributed by atoms with Gasteiger partial charge in [0.25, 0.3) is 0 Å². The van der Waals surface area contributed by atoms with E-state index in [-0.39, 0.29) is 5.91 Å². The van der Waals surface area contributed by atoms with Gasteiger partial charge >= 0.3 is 0 Å². The number of aryl methyl sites for hydroxylation is 2. The number of rotatable bonds is 6. The molecule has 7 nitrogen and oxygen atoms in total. The van der Waals surface area contributed by atoms with E-state index in [1.165, 1.54) is 0 Å². The molecule has 148 valence electrons. The Morgan fingerprint density at radius 2 is 2.04 bits per heavy atom. The molecule has 1 amide bonds. The molecule has 0 bridgehead atoms. The Morgan fingerprint density at radius 1 is 1.18 bits per heavy atom. The van der Waals surface area contributed by atoms with E-state index in [1.54, 1.807) is 0 Å². The average molecular weight is 380 g/mol. The first-order valence-corrected chi connectivity index (χ1v) is 10.1. The van der Waals surface area contributed by atoms with Crippen molar-refractivity contribution in [1.29, 1.82) is 0 Å². The molecule has 3 heterocycles. The lowest BCUT2D eigenvalue weighted by atomic mass is 10.1. The predicted octanol–water partition coefficient (Wildman–Crippen LogP) is 2.69. The third-order valence-corrected chi connectivity index (χ3v) is 5.48. The fourth-order valence-corrected chi connectivity index (χ4v) is 3.91. The lowest BCUT2D eigenvalue weighted by Gasteiger charge is -2.20. The van der Waals surface area contributed by atoms with Crippen molar-refractivity contribution in [2.75, 3.05) is 13.1 Å². The summed E-state index contributed by atoms with van der Waals surface area (Å²) >= 11 is 0. The number of fused-ring (bicyclic) bond motifs is 2. The van der Waals surface area contributed by atoms with Crippen molar-refractivity contribution in [1.82, 2.24) is 24.2 Å². The highest BCUT2D eigenvalue weighted by molar-refractivity contribution is 5.80. The van der Waals surface area contributed by atoms with Crippen LogP contribution in [0.25, 0.3) is 22.6 Å². The van der Waals surface area contributed by atoms with Gasteiger partial charge in [0, 0.05) is 26.6 Å². The summed E-state index contributed by atoms with van der Waals surface area (Å²) in [5.74, 6) is 1.09. The minimum atomic E-state index is 0.232. The highest BCUT2D eigenvalue weighted by Gasteiger charge is 2.22. The van der Waals surface area contributed by atoms with E-state index in [9.17, 15) is 4.79 Å². The number of nitrogens with two attached hydrogens (primary N) is 1. The maximum absolute atomic E-state index is 12.6. The van der Waals surface area contributed by atoms with E-state index in [4.69, 9.17) is 15.8 Å². The van der Waals surface area contributed by atoms with E-state index < -0.39 is 0 Å². The predicted molar refractivity (Wildman–Crippen MR) is 109 cm³/mol. The van der Waals surface area contributed by atoms with Gasteiger partial charge in [-0.05, 0) is 44.0 Å². The maximum atomic E-state index is 12.6. The van der Waals surface area contributed by atoms with Crippen LogP contribution in [0.1, 0.15) is 37.8 Å². The van der Waals surface area contributed by atoms with Gasteiger partial charge in [-0.1, -0.05) is 18.6 Å². The van der Waals surface area contributed by atoms with Crippen LogP contribution < -0.4 is 5.73 Å². The third-order valence-electron chi connectivity index (χ3n) is 5.48. The van der Waals surface area contributed by atoms with Gasteiger partial charge in [-0.2, -0.15) is 5.10 Å². The van der Waals surface area contributed by atoms with Crippen LogP contribution in [0.3, 0.4) is 0 Å². The molecule has 0 fully saturated rings. The molecule has 0 saturated carbocycles. The number of aromatic nitrogens is 4. The first-order chi connectivity index (χ1) is 13.7. The van der Waals surface area contributed by atoms with Crippen LogP contribution >= 0.6 is 0 Å². The van der Waals surface area contributed by atoms with E-state index in [2.05, 4.69) is 16.7 Å². The number of carbonyl (C=O) groups is 1. The molecule has 2 N–H and O–H groups in total. The molecule has 28 heavy (non-hydrogen) atoms. The zero-order valence-electron chi connectivity index (χ0n) is 16.5. The smallest absolute Gasteiger partial charge is 0.222 e. The van der Waals surface area contributed by atoms with Crippen molar-refractivity contribution in [3.8, 4) is 11.5 Å². The third kappa shape index (κ3) is 3.67. The Labute approximate surface area is 165 Å². The molecular formula is C21H28N6O. The number of hydrogen-bond donors (Lipinski definition) is 1. The van der Waals surface area contributed by atoms with Gasteiger partial charge in [-0.3, -0.25) is 9.48 Å². The van der Waals surface area contributed by atoms with E-state index in [0.29, 0.717) is 19.5 Å². The Kier molecular flexibility index (Phi) is 5.43. The van der Waals surface area contributed by atoms with E-state index in [1.807, 2.05) is 34.8 Å². The summed E-state index contributed by atoms with van der Waals surface area (Å²) < 4.78 is 4.12. The molecule has 7 heteroatoms. The number of hydrogen-bond acceptors (Lipinski definition) is 4. The van der Waals surface area contributed by atoms with Crippen LogP contribution in [0.4, 0.5) is 0 Å². The average Bonchev–Trinajstić information content (AvgIpc) is 3.19. The zero-order valence-corrected chi connectivity index (χ0v) is 16.5. The van der Waals surface area contributed by atoms with Gasteiger partial charge in [0.2, 0.25) is 5.91 Å². The fourth-order valence-electron chi connectivity index (χ4n) is 3.91. The summed E-state index contributed by atoms with van der Waals surface area (Å²) in [6, 6.07) is 10.2. The topological polar surface area (TPSA) is 82.0 Å². The second kappa shape index (κ2) is 8.14. The number of carbonyl (C=O) groups excluding carboxylic acids is 1. The SMILES string of the molecule is Cn1c(-c2cc3n(n2)CCCN(C(=O)CCCCCN)C3)nc2ccccc21. The number of amides is 1. The molecule has 0 saturated heterocycles. The van der Waals surface area contributed by atoms with Crippen LogP contribution in [0.2, 0.25) is 0 Å². The maximum Gasteiger partial charge on any atom is 0.222 e. The van der Waals surface area contributed by atoms with Gasteiger partial charge in [0.05, 0.1) is 23.3 Å². The molecule has 4 rings (SSSR count). The number of benzene rings is 1. The quantitative estimate of drug-likeness (QED) is 0.667. The first kappa shape index (κ1) is 18.7. The number of para-hydroxylation sites is 2. The zero-order chi connectivity index (χ0) is 19.5. The van der Waals surface area contributed by atoms with Gasteiger partial charge < -0.3 is 15.2 Å². The van der Waals surface area contributed by atoms with Crippen LogP contribution in [0, 0.1) is 0 Å². The van der Waals surface area contributed by atoms with E-state index in [0.717, 1.165) is 67.0 Å². The van der Waals surface area contributed by atoms with E-state index >= 15 is 0 Å². The summed E-state index contributed by atoms with van der Waals surface area (Å²) in [6.07, 6.45) is 4.44. The molecule has 0 spiro atoms. The van der Waals surface area contributed by atoms with Crippen molar-refractivity contribution >= 4 is 16.9 Å². The molecule has 3 aromatic rings. The van der Waals surface area contributed by atoms with Crippen molar-refractivity contribution in [3.05, 3.63) is 36.0 Å². The molecule has 1 aromatic carbocycles. The molecule has 0 radical (unpaired) electrons. The Balaban J connectivity index is 1.53. The van der Waals surface area contributed by atoms with Crippen molar-refractivity contribution < 1.29 is 4.79 Å². The highest BCUT2D eigenvalue weighted by Crippen LogP contribution is 2.25. The Bertz CT molecular complexity index is 973. The lowest BCUT2D eigenvalue weighted by Crippen LogP contribution is -2.30. The molecule has 0 unspecified atom stereocenters. The van der Waals surface area contributed by atoms with Crippen molar-refractivity contribution in [2.45, 2.75) is 45.2 Å². The summed E-state index contributed by atoms with van der Waals surface area (Å²) in [4.78, 5) is 19.4. The molecule has 2 aromatic heterocycles. The Hall–Kier alpha value is -2.67. The summed E-state index contributed by atoms with van der Waals surface area (Å²) in [7, 11) is 2.02. The molecule has 0 atom stereocenters. The fraction of sp³-hybridized carbons (Fsp3) is 0.476. The van der Waals surface area contributed by atoms with Crippen LogP contribution in [-0.4, -0.2) is 43.2 Å². The lowest BCUT2D eigenvalue weighted by molar-refractivity contribution is -0.131. The van der Waals surface area contributed by atoms with Gasteiger partial charge in [0.1, 0.15) is 5.69 Å². The summed E-state index contributed by atoms with van der Waals surface area (Å²) in [5.41, 5.74) is 9.54. The Morgan fingerprint density at radius 3 is 2.86 bits per heavy atom. The van der Waals surface area contributed by atoms with Crippen LogP contribution in [0.15, 0.2) is 30.3 Å². The number of nitrogens with zero attached hydrogens (tertiary/aromatic N) is 5. The molecule has 1 aliphatic heterocycles. The number of imidazole rings is 1. The molecule has 1 aliphatic rings. The van der Waals surface area contributed by atoms with Crippen LogP contribution in [0.5, 0.6) is 0 Å².